The van der Waals surface area contributed by atoms with Gasteiger partial charge in [0, 0.05) is 10.5 Å². The first-order valence-electron chi connectivity index (χ1n) is 4.42. The summed E-state index contributed by atoms with van der Waals surface area (Å²) >= 11 is 4.12. The van der Waals surface area contributed by atoms with Gasteiger partial charge in [0.25, 0.3) is 0 Å². The summed E-state index contributed by atoms with van der Waals surface area (Å²) in [6, 6.07) is 11.0. The number of thiol groups is 1. The molecule has 15 heavy (non-hydrogen) atoms. The van der Waals surface area contributed by atoms with E-state index in [1.807, 2.05) is 0 Å². The third-order valence-corrected chi connectivity index (χ3v) is 2.43. The smallest absolute Gasteiger partial charge is 0.166 e. The van der Waals surface area contributed by atoms with Crippen LogP contribution in [-0.2, 0) is 0 Å². The van der Waals surface area contributed by atoms with E-state index in [0.717, 1.165) is 11.0 Å². The van der Waals surface area contributed by atoms with Crippen LogP contribution in [0.4, 0.5) is 8.78 Å². The molecular weight excluding hydrogens is 214 g/mol. The molecule has 0 amide bonds. The largest absolute Gasteiger partial charge is 0.204 e. The van der Waals surface area contributed by atoms with Crippen molar-refractivity contribution in [1.82, 2.24) is 0 Å². The van der Waals surface area contributed by atoms with Crippen LogP contribution in [0.15, 0.2) is 47.4 Å². The lowest BCUT2D eigenvalue weighted by Crippen LogP contribution is -1.88. The maximum Gasteiger partial charge on any atom is 0.166 e. The van der Waals surface area contributed by atoms with Crippen LogP contribution in [-0.4, -0.2) is 0 Å². The Morgan fingerprint density at radius 2 is 1.53 bits per heavy atom. The van der Waals surface area contributed by atoms with Crippen molar-refractivity contribution >= 4 is 12.6 Å². The highest BCUT2D eigenvalue weighted by Gasteiger charge is 2.08. The molecule has 0 aliphatic heterocycles. The molecule has 0 aromatic heterocycles. The summed E-state index contributed by atoms with van der Waals surface area (Å²) in [4.78, 5) is 0.788. The lowest BCUT2D eigenvalue weighted by molar-refractivity contribution is 0.511. The zero-order valence-corrected chi connectivity index (χ0v) is 8.64. The lowest BCUT2D eigenvalue weighted by atomic mass is 10.1. The van der Waals surface area contributed by atoms with E-state index in [1.54, 1.807) is 30.3 Å². The van der Waals surface area contributed by atoms with Gasteiger partial charge in [0.15, 0.2) is 11.6 Å². The molecule has 76 valence electrons. The van der Waals surface area contributed by atoms with E-state index in [4.69, 9.17) is 0 Å². The van der Waals surface area contributed by atoms with Crippen LogP contribution in [0.5, 0.6) is 0 Å². The second-order valence-corrected chi connectivity index (χ2v) is 3.66. The van der Waals surface area contributed by atoms with Crippen molar-refractivity contribution in [3.8, 4) is 11.1 Å². The predicted molar refractivity (Wildman–Crippen MR) is 59.0 cm³/mol. The molecule has 0 nitrogen and oxygen atoms in total. The van der Waals surface area contributed by atoms with Gasteiger partial charge in [-0.25, -0.2) is 8.78 Å². The average molecular weight is 222 g/mol. The third-order valence-electron chi connectivity index (χ3n) is 2.13. The zero-order valence-electron chi connectivity index (χ0n) is 7.74. The molecule has 0 spiro atoms. The Labute approximate surface area is 92.0 Å². The maximum absolute atomic E-state index is 13.4. The number of benzene rings is 2. The standard InChI is InChI=1S/C12H8F2S/c13-11-3-1-2-10(12(11)14)8-4-6-9(15)7-5-8/h1-7,15H. The number of hydrogen-bond donors (Lipinski definition) is 1. The van der Waals surface area contributed by atoms with Crippen LogP contribution in [0.1, 0.15) is 0 Å². The zero-order chi connectivity index (χ0) is 10.8. The number of halogens is 2. The molecule has 2 rings (SSSR count). The molecule has 0 saturated carbocycles. The molecule has 0 aliphatic carbocycles. The van der Waals surface area contributed by atoms with E-state index in [9.17, 15) is 8.78 Å². The summed E-state index contributed by atoms with van der Waals surface area (Å²) in [6.07, 6.45) is 0. The molecule has 0 bridgehead atoms. The van der Waals surface area contributed by atoms with Crippen LogP contribution >= 0.6 is 12.6 Å². The fourth-order valence-electron chi connectivity index (χ4n) is 1.37. The Morgan fingerprint density at radius 3 is 2.20 bits per heavy atom. The lowest BCUT2D eigenvalue weighted by Gasteiger charge is -2.03. The molecule has 0 saturated heterocycles. The molecule has 3 heteroatoms. The molecule has 2 aromatic rings. The quantitative estimate of drug-likeness (QED) is 0.694. The normalized spacial score (nSPS) is 10.3. The second-order valence-electron chi connectivity index (χ2n) is 3.15. The molecule has 2 aromatic carbocycles. The van der Waals surface area contributed by atoms with Crippen LogP contribution in [0.3, 0.4) is 0 Å². The highest BCUT2D eigenvalue weighted by Crippen LogP contribution is 2.25. The highest BCUT2D eigenvalue weighted by atomic mass is 32.1. The predicted octanol–water partition coefficient (Wildman–Crippen LogP) is 3.92. The monoisotopic (exact) mass is 222 g/mol. The van der Waals surface area contributed by atoms with Gasteiger partial charge in [0.1, 0.15) is 0 Å². The average Bonchev–Trinajstić information content (AvgIpc) is 2.24. The molecule has 0 heterocycles. The van der Waals surface area contributed by atoms with Crippen molar-refractivity contribution < 1.29 is 8.78 Å². The van der Waals surface area contributed by atoms with Gasteiger partial charge >= 0.3 is 0 Å². The summed E-state index contributed by atoms with van der Waals surface area (Å²) in [5.74, 6) is -1.65. The van der Waals surface area contributed by atoms with E-state index in [0.29, 0.717) is 5.56 Å². The Morgan fingerprint density at radius 1 is 0.867 bits per heavy atom. The van der Waals surface area contributed by atoms with Crippen LogP contribution in [0, 0.1) is 11.6 Å². The first-order valence-corrected chi connectivity index (χ1v) is 4.86. The van der Waals surface area contributed by atoms with Crippen molar-refractivity contribution in [2.24, 2.45) is 0 Å². The van der Waals surface area contributed by atoms with E-state index < -0.39 is 11.6 Å². The molecule has 0 atom stereocenters. The molecule has 0 fully saturated rings. The van der Waals surface area contributed by atoms with Gasteiger partial charge in [-0.05, 0) is 23.8 Å². The van der Waals surface area contributed by atoms with Crippen molar-refractivity contribution in [3.05, 3.63) is 54.1 Å². The topological polar surface area (TPSA) is 0 Å². The molecule has 0 radical (unpaired) electrons. The van der Waals surface area contributed by atoms with Crippen LogP contribution in [0.25, 0.3) is 11.1 Å². The summed E-state index contributed by atoms with van der Waals surface area (Å²) in [6.45, 7) is 0. The fraction of sp³-hybridized carbons (Fsp3) is 0. The Kier molecular flexibility index (Phi) is 2.73. The van der Waals surface area contributed by atoms with E-state index in [2.05, 4.69) is 12.6 Å². The minimum absolute atomic E-state index is 0.267. The van der Waals surface area contributed by atoms with E-state index in [-0.39, 0.29) is 5.56 Å². The van der Waals surface area contributed by atoms with Crippen molar-refractivity contribution in [3.63, 3.8) is 0 Å². The van der Waals surface area contributed by atoms with Crippen molar-refractivity contribution in [2.45, 2.75) is 4.90 Å². The van der Waals surface area contributed by atoms with E-state index in [1.165, 1.54) is 6.07 Å². The SMILES string of the molecule is Fc1cccc(-c2ccc(S)cc2)c1F. The summed E-state index contributed by atoms with van der Waals surface area (Å²) in [5, 5.41) is 0. The van der Waals surface area contributed by atoms with Gasteiger partial charge in [-0.15, -0.1) is 12.6 Å². The second kappa shape index (κ2) is 4.03. The highest BCUT2D eigenvalue weighted by molar-refractivity contribution is 7.80. The first kappa shape index (κ1) is 10.2. The summed E-state index contributed by atoms with van der Waals surface area (Å²) in [5.41, 5.74) is 0.910. The van der Waals surface area contributed by atoms with Gasteiger partial charge in [0.2, 0.25) is 0 Å². The van der Waals surface area contributed by atoms with Crippen molar-refractivity contribution in [2.75, 3.05) is 0 Å². The fourth-order valence-corrected chi connectivity index (χ4v) is 1.52. The Hall–Kier alpha value is -1.35. The molecule has 0 unspecified atom stereocenters. The Balaban J connectivity index is 2.54. The minimum Gasteiger partial charge on any atom is -0.204 e. The Bertz CT molecular complexity index is 477. The first-order chi connectivity index (χ1) is 7.18. The van der Waals surface area contributed by atoms with Crippen LogP contribution in [0.2, 0.25) is 0 Å². The van der Waals surface area contributed by atoms with Crippen molar-refractivity contribution in [1.29, 1.82) is 0 Å². The molecule has 0 N–H and O–H groups in total. The van der Waals surface area contributed by atoms with Gasteiger partial charge in [-0.2, -0.15) is 0 Å². The molecule has 0 aliphatic rings. The van der Waals surface area contributed by atoms with E-state index >= 15 is 0 Å². The van der Waals surface area contributed by atoms with Gasteiger partial charge in [-0.3, -0.25) is 0 Å². The van der Waals surface area contributed by atoms with Crippen LogP contribution < -0.4 is 0 Å². The maximum atomic E-state index is 13.4. The summed E-state index contributed by atoms with van der Waals surface area (Å²) in [7, 11) is 0. The van der Waals surface area contributed by atoms with Gasteiger partial charge in [-0.1, -0.05) is 24.3 Å². The van der Waals surface area contributed by atoms with Gasteiger partial charge in [0.05, 0.1) is 0 Å². The minimum atomic E-state index is -0.831. The molecular formula is C12H8F2S. The number of hydrogen-bond acceptors (Lipinski definition) is 1. The number of rotatable bonds is 1. The third kappa shape index (κ3) is 2.02. The summed E-state index contributed by atoms with van der Waals surface area (Å²) < 4.78 is 26.3. The van der Waals surface area contributed by atoms with Gasteiger partial charge < -0.3 is 0 Å².